The fraction of sp³-hybridized carbons (Fsp3) is 0.412. The highest BCUT2D eigenvalue weighted by atomic mass is 16.5. The average Bonchev–Trinajstić information content (AvgIpc) is 2.91. The Kier molecular flexibility index (Phi) is 4.78. The molecule has 21 heavy (non-hydrogen) atoms. The monoisotopic (exact) mass is 288 g/mol. The van der Waals surface area contributed by atoms with Crippen LogP contribution in [0.25, 0.3) is 0 Å². The fourth-order valence-corrected chi connectivity index (χ4v) is 2.78. The van der Waals surface area contributed by atoms with Crippen molar-refractivity contribution >= 4 is 11.6 Å². The lowest BCUT2D eigenvalue weighted by molar-refractivity contribution is -0.120. The van der Waals surface area contributed by atoms with Gasteiger partial charge in [0.15, 0.2) is 0 Å². The molecule has 2 rings (SSSR count). The number of carbonyl (C=O) groups excluding carboxylic acids is 2. The number of rotatable bonds is 6. The molecular formula is C17H20O4. The van der Waals surface area contributed by atoms with Crippen LogP contribution in [0.1, 0.15) is 32.1 Å². The van der Waals surface area contributed by atoms with Gasteiger partial charge in [0.1, 0.15) is 0 Å². The second kappa shape index (κ2) is 6.57. The van der Waals surface area contributed by atoms with Gasteiger partial charge in [0.05, 0.1) is 14.2 Å². The Bertz CT molecular complexity index is 576. The molecule has 0 aromatic rings. The molecule has 0 aliphatic heterocycles. The lowest BCUT2D eigenvalue weighted by Crippen LogP contribution is -2.24. The van der Waals surface area contributed by atoms with Gasteiger partial charge in [0, 0.05) is 11.1 Å². The highest BCUT2D eigenvalue weighted by Gasteiger charge is 2.40. The summed E-state index contributed by atoms with van der Waals surface area (Å²) in [5, 5.41) is 0. The molecule has 0 radical (unpaired) electrons. The van der Waals surface area contributed by atoms with E-state index in [4.69, 9.17) is 9.47 Å². The summed E-state index contributed by atoms with van der Waals surface area (Å²) in [6.45, 7) is 3.69. The first kappa shape index (κ1) is 15.3. The number of allylic oxidation sites excluding steroid dienone is 5. The van der Waals surface area contributed by atoms with E-state index in [1.807, 2.05) is 6.08 Å². The van der Waals surface area contributed by atoms with Crippen LogP contribution in [-0.2, 0) is 19.1 Å². The van der Waals surface area contributed by atoms with Crippen molar-refractivity contribution in [2.24, 2.45) is 0 Å². The van der Waals surface area contributed by atoms with E-state index in [0.717, 1.165) is 31.3 Å². The molecule has 0 unspecified atom stereocenters. The van der Waals surface area contributed by atoms with E-state index in [-0.39, 0.29) is 23.1 Å². The van der Waals surface area contributed by atoms with Crippen LogP contribution in [0.2, 0.25) is 0 Å². The van der Waals surface area contributed by atoms with E-state index < -0.39 is 0 Å². The van der Waals surface area contributed by atoms with Crippen LogP contribution in [-0.4, -0.2) is 25.8 Å². The molecule has 0 spiro atoms. The predicted molar refractivity (Wildman–Crippen MR) is 79.4 cm³/mol. The number of methoxy groups -OCH3 is 2. The minimum absolute atomic E-state index is 0.0140. The van der Waals surface area contributed by atoms with Gasteiger partial charge in [-0.25, -0.2) is 0 Å². The second-order valence-electron chi connectivity index (χ2n) is 5.03. The SMILES string of the molecule is C=CCCC/C=C1\CCC2=C1C(=O)C(OC)=C(OC)C2=O. The largest absolute Gasteiger partial charge is 0.489 e. The number of carbonyl (C=O) groups is 2. The zero-order valence-corrected chi connectivity index (χ0v) is 12.5. The van der Waals surface area contributed by atoms with Crippen LogP contribution in [0.4, 0.5) is 0 Å². The van der Waals surface area contributed by atoms with E-state index in [2.05, 4.69) is 12.7 Å². The van der Waals surface area contributed by atoms with E-state index >= 15 is 0 Å². The Labute approximate surface area is 124 Å². The summed E-state index contributed by atoms with van der Waals surface area (Å²) in [6, 6.07) is 0. The molecule has 0 bridgehead atoms. The standard InChI is InChI=1S/C17H20O4/c1-4-5-6-7-8-11-9-10-12-13(11)15(19)17(21-3)16(20-2)14(12)18/h4,8H,1,5-7,9-10H2,2-3H3/b11-8+. The molecule has 0 heterocycles. The molecule has 4 heteroatoms. The molecule has 0 aromatic heterocycles. The lowest BCUT2D eigenvalue weighted by Gasteiger charge is -2.18. The van der Waals surface area contributed by atoms with Gasteiger partial charge in [0.25, 0.3) is 0 Å². The third kappa shape index (κ3) is 2.71. The van der Waals surface area contributed by atoms with E-state index in [1.165, 1.54) is 14.2 Å². The van der Waals surface area contributed by atoms with Crippen molar-refractivity contribution in [2.45, 2.75) is 32.1 Å². The number of ether oxygens (including phenoxy) is 2. The van der Waals surface area contributed by atoms with Gasteiger partial charge in [-0.05, 0) is 37.7 Å². The Balaban J connectivity index is 2.30. The van der Waals surface area contributed by atoms with E-state index in [1.54, 1.807) is 0 Å². The van der Waals surface area contributed by atoms with Crippen molar-refractivity contribution in [3.63, 3.8) is 0 Å². The van der Waals surface area contributed by atoms with E-state index in [9.17, 15) is 9.59 Å². The molecule has 0 fully saturated rings. The number of hydrogen-bond donors (Lipinski definition) is 0. The highest BCUT2D eigenvalue weighted by molar-refractivity contribution is 6.26. The minimum Gasteiger partial charge on any atom is -0.489 e. The predicted octanol–water partition coefficient (Wildman–Crippen LogP) is 3.02. The van der Waals surface area contributed by atoms with Crippen molar-refractivity contribution in [1.29, 1.82) is 0 Å². The van der Waals surface area contributed by atoms with Crippen LogP contribution in [0.15, 0.2) is 47.0 Å². The zero-order chi connectivity index (χ0) is 15.4. The van der Waals surface area contributed by atoms with Crippen LogP contribution in [0.3, 0.4) is 0 Å². The van der Waals surface area contributed by atoms with Crippen molar-refractivity contribution in [2.75, 3.05) is 14.2 Å². The molecule has 0 aromatic carbocycles. The summed E-state index contributed by atoms with van der Waals surface area (Å²) in [5.41, 5.74) is 2.04. The third-order valence-corrected chi connectivity index (χ3v) is 3.80. The van der Waals surface area contributed by atoms with Crippen LogP contribution < -0.4 is 0 Å². The van der Waals surface area contributed by atoms with Crippen molar-refractivity contribution < 1.29 is 19.1 Å². The molecule has 2 aliphatic carbocycles. The number of Topliss-reactive ketones (excluding diaryl/α,β-unsaturated/α-hetero) is 2. The maximum absolute atomic E-state index is 12.5. The maximum Gasteiger partial charge on any atom is 0.232 e. The Morgan fingerprint density at radius 3 is 2.33 bits per heavy atom. The molecule has 112 valence electrons. The molecule has 2 aliphatic rings. The van der Waals surface area contributed by atoms with Crippen LogP contribution in [0.5, 0.6) is 0 Å². The minimum atomic E-state index is -0.239. The molecule has 4 nitrogen and oxygen atoms in total. The summed E-state index contributed by atoms with van der Waals surface area (Å²) >= 11 is 0. The summed E-state index contributed by atoms with van der Waals surface area (Å²) in [5.74, 6) is -0.427. The average molecular weight is 288 g/mol. The molecule has 0 saturated carbocycles. The fourth-order valence-electron chi connectivity index (χ4n) is 2.78. The van der Waals surface area contributed by atoms with Gasteiger partial charge in [-0.3, -0.25) is 9.59 Å². The normalized spacial score (nSPS) is 20.2. The second-order valence-corrected chi connectivity index (χ2v) is 5.03. The smallest absolute Gasteiger partial charge is 0.232 e. The van der Waals surface area contributed by atoms with Crippen molar-refractivity contribution in [3.05, 3.63) is 47.0 Å². The number of unbranched alkanes of at least 4 members (excludes halogenated alkanes) is 2. The molecule has 0 N–H and O–H groups in total. The van der Waals surface area contributed by atoms with Gasteiger partial charge in [-0.1, -0.05) is 12.2 Å². The zero-order valence-electron chi connectivity index (χ0n) is 12.5. The number of hydrogen-bond acceptors (Lipinski definition) is 4. The highest BCUT2D eigenvalue weighted by Crippen LogP contribution is 2.39. The topological polar surface area (TPSA) is 52.6 Å². The van der Waals surface area contributed by atoms with Gasteiger partial charge >= 0.3 is 0 Å². The number of ketones is 2. The van der Waals surface area contributed by atoms with E-state index in [0.29, 0.717) is 17.6 Å². The quantitative estimate of drug-likeness (QED) is 0.428. The van der Waals surface area contributed by atoms with Crippen LogP contribution >= 0.6 is 0 Å². The van der Waals surface area contributed by atoms with Crippen molar-refractivity contribution in [1.82, 2.24) is 0 Å². The van der Waals surface area contributed by atoms with Gasteiger partial charge in [-0.2, -0.15) is 0 Å². The molecular weight excluding hydrogens is 268 g/mol. The van der Waals surface area contributed by atoms with Gasteiger partial charge in [-0.15, -0.1) is 6.58 Å². The first-order valence-electron chi connectivity index (χ1n) is 7.10. The molecule has 0 saturated heterocycles. The summed E-state index contributed by atoms with van der Waals surface area (Å²) < 4.78 is 10.1. The first-order valence-corrected chi connectivity index (χ1v) is 7.10. The van der Waals surface area contributed by atoms with Gasteiger partial charge in [0.2, 0.25) is 23.1 Å². The van der Waals surface area contributed by atoms with Crippen molar-refractivity contribution in [3.8, 4) is 0 Å². The van der Waals surface area contributed by atoms with Gasteiger partial charge < -0.3 is 9.47 Å². The third-order valence-electron chi connectivity index (χ3n) is 3.80. The lowest BCUT2D eigenvalue weighted by atomic mass is 9.92. The Morgan fingerprint density at radius 1 is 1.05 bits per heavy atom. The Hall–Kier alpha value is -2.10. The summed E-state index contributed by atoms with van der Waals surface area (Å²) in [7, 11) is 2.76. The maximum atomic E-state index is 12.5. The summed E-state index contributed by atoms with van der Waals surface area (Å²) in [6.07, 6.45) is 8.07. The van der Waals surface area contributed by atoms with Crippen LogP contribution in [0, 0.1) is 0 Å². The summed E-state index contributed by atoms with van der Waals surface area (Å²) in [4.78, 5) is 24.9. The molecule has 0 atom stereocenters. The first-order chi connectivity index (χ1) is 10.2. The molecule has 0 amide bonds. The Morgan fingerprint density at radius 2 is 1.71 bits per heavy atom.